The Morgan fingerprint density at radius 1 is 1.22 bits per heavy atom. The summed E-state index contributed by atoms with van der Waals surface area (Å²) in [6.07, 6.45) is 3.36. The Kier molecular flexibility index (Phi) is 5.53. The Morgan fingerprint density at radius 3 is 2.67 bits per heavy atom. The lowest BCUT2D eigenvalue weighted by Crippen LogP contribution is -2.08. The number of hydrogen-bond donors (Lipinski definition) is 0. The molecule has 6 heteroatoms. The van der Waals surface area contributed by atoms with Crippen molar-refractivity contribution in [2.24, 2.45) is 0 Å². The summed E-state index contributed by atoms with van der Waals surface area (Å²) in [6, 6.07) is 12.8. The summed E-state index contributed by atoms with van der Waals surface area (Å²) in [4.78, 5) is 12.2. The van der Waals surface area contributed by atoms with Crippen LogP contribution in [0.25, 0.3) is 11.6 Å². The molecule has 2 aromatic rings. The van der Waals surface area contributed by atoms with Crippen molar-refractivity contribution in [3.63, 3.8) is 0 Å². The van der Waals surface area contributed by atoms with Crippen LogP contribution in [0, 0.1) is 17.1 Å². The quantitative estimate of drug-likeness (QED) is 0.345. The third-order valence-electron chi connectivity index (χ3n) is 3.85. The van der Waals surface area contributed by atoms with Gasteiger partial charge in [-0.25, -0.2) is 9.18 Å². The van der Waals surface area contributed by atoms with Crippen LogP contribution in [0.15, 0.2) is 54.1 Å². The second-order valence-electron chi connectivity index (χ2n) is 5.57. The van der Waals surface area contributed by atoms with Crippen LogP contribution in [0.3, 0.4) is 0 Å². The molecule has 0 aliphatic carbocycles. The zero-order chi connectivity index (χ0) is 19.2. The molecule has 136 valence electrons. The minimum Gasteiger partial charge on any atom is -0.462 e. The molecule has 1 aliphatic rings. The number of hydrogen-bond acceptors (Lipinski definition) is 5. The molecular formula is C21H16FNO4. The number of esters is 1. The van der Waals surface area contributed by atoms with Gasteiger partial charge in [-0.15, -0.1) is 0 Å². The fourth-order valence-electron chi connectivity index (χ4n) is 2.57. The van der Waals surface area contributed by atoms with Crippen LogP contribution in [0.2, 0.25) is 0 Å². The fraction of sp³-hybridized carbons (Fsp3) is 0.143. The molecule has 5 nitrogen and oxygen atoms in total. The zero-order valence-electron chi connectivity index (χ0n) is 14.6. The number of fused-ring (bicyclic) bond motifs is 1. The number of ether oxygens (including phenoxy) is 3. The van der Waals surface area contributed by atoms with Gasteiger partial charge < -0.3 is 14.2 Å². The van der Waals surface area contributed by atoms with Gasteiger partial charge in [-0.3, -0.25) is 0 Å². The first kappa shape index (κ1) is 18.2. The number of carbonyl (C=O) groups is 1. The highest BCUT2D eigenvalue weighted by molar-refractivity contribution is 6.04. The maximum Gasteiger partial charge on any atom is 0.349 e. The topological polar surface area (TPSA) is 68.6 Å². The molecule has 0 N–H and O–H groups in total. The van der Waals surface area contributed by atoms with Crippen LogP contribution in [0.4, 0.5) is 4.39 Å². The predicted octanol–water partition coefficient (Wildman–Crippen LogP) is 4.11. The fourth-order valence-corrected chi connectivity index (χ4v) is 2.57. The second-order valence-corrected chi connectivity index (χ2v) is 5.57. The number of halogens is 1. The molecule has 0 unspecified atom stereocenters. The van der Waals surface area contributed by atoms with Crippen molar-refractivity contribution in [3.8, 4) is 17.6 Å². The third kappa shape index (κ3) is 4.15. The van der Waals surface area contributed by atoms with Gasteiger partial charge >= 0.3 is 5.97 Å². The molecular weight excluding hydrogens is 349 g/mol. The van der Waals surface area contributed by atoms with Crippen LogP contribution in [0.5, 0.6) is 11.5 Å². The van der Waals surface area contributed by atoms with Crippen molar-refractivity contribution in [2.75, 3.05) is 13.4 Å². The van der Waals surface area contributed by atoms with Gasteiger partial charge in [-0.2, -0.15) is 5.26 Å². The highest BCUT2D eigenvalue weighted by Gasteiger charge is 2.17. The van der Waals surface area contributed by atoms with E-state index in [0.717, 1.165) is 5.56 Å². The third-order valence-corrected chi connectivity index (χ3v) is 3.85. The van der Waals surface area contributed by atoms with Crippen LogP contribution in [-0.4, -0.2) is 19.4 Å². The van der Waals surface area contributed by atoms with E-state index in [0.29, 0.717) is 22.6 Å². The van der Waals surface area contributed by atoms with Crippen molar-refractivity contribution >= 4 is 17.6 Å². The number of benzene rings is 2. The normalized spacial score (nSPS) is 13.2. The van der Waals surface area contributed by atoms with E-state index in [1.807, 2.05) is 12.1 Å². The van der Waals surface area contributed by atoms with E-state index in [9.17, 15) is 14.4 Å². The molecule has 0 atom stereocenters. The van der Waals surface area contributed by atoms with Gasteiger partial charge in [0.1, 0.15) is 17.5 Å². The van der Waals surface area contributed by atoms with Gasteiger partial charge in [0.25, 0.3) is 0 Å². The summed E-state index contributed by atoms with van der Waals surface area (Å²) < 4.78 is 28.9. The molecule has 27 heavy (non-hydrogen) atoms. The molecule has 0 amide bonds. The van der Waals surface area contributed by atoms with Gasteiger partial charge in [0.05, 0.1) is 6.61 Å². The van der Waals surface area contributed by atoms with Crippen LogP contribution >= 0.6 is 0 Å². The lowest BCUT2D eigenvalue weighted by atomic mass is 9.99. The maximum absolute atomic E-state index is 13.3. The van der Waals surface area contributed by atoms with Crippen molar-refractivity contribution in [1.82, 2.24) is 0 Å². The Balaban J connectivity index is 2.02. The zero-order valence-corrected chi connectivity index (χ0v) is 14.6. The Bertz CT molecular complexity index is 955. The van der Waals surface area contributed by atoms with Gasteiger partial charge in [0, 0.05) is 5.57 Å². The number of allylic oxidation sites excluding steroid dienone is 2. The molecule has 0 saturated carbocycles. The van der Waals surface area contributed by atoms with Crippen LogP contribution in [0.1, 0.15) is 18.1 Å². The molecule has 0 radical (unpaired) electrons. The van der Waals surface area contributed by atoms with Crippen LogP contribution < -0.4 is 9.47 Å². The van der Waals surface area contributed by atoms with Gasteiger partial charge in [-0.05, 0) is 42.3 Å². The SMILES string of the molecule is CCOC(=O)/C(C#N)=C(/C=C/c1ccc2c(c1)OCO2)c1ccc(F)cc1. The van der Waals surface area contributed by atoms with E-state index in [2.05, 4.69) is 0 Å². The largest absolute Gasteiger partial charge is 0.462 e. The Morgan fingerprint density at radius 2 is 1.96 bits per heavy atom. The lowest BCUT2D eigenvalue weighted by Gasteiger charge is -2.07. The number of nitriles is 1. The Hall–Kier alpha value is -3.59. The van der Waals surface area contributed by atoms with E-state index < -0.39 is 11.8 Å². The first-order valence-electron chi connectivity index (χ1n) is 8.27. The molecule has 0 bridgehead atoms. The van der Waals surface area contributed by atoms with E-state index in [1.165, 1.54) is 24.3 Å². The molecule has 1 aliphatic heterocycles. The average molecular weight is 365 g/mol. The second kappa shape index (κ2) is 8.19. The molecule has 3 rings (SSSR count). The minimum absolute atomic E-state index is 0.145. The monoisotopic (exact) mass is 365 g/mol. The summed E-state index contributed by atoms with van der Waals surface area (Å²) in [5.41, 5.74) is 1.51. The number of carbonyl (C=O) groups excluding carboxylic acids is 1. The molecule has 0 saturated heterocycles. The van der Waals surface area contributed by atoms with Crippen molar-refractivity contribution in [3.05, 3.63) is 71.1 Å². The summed E-state index contributed by atoms with van der Waals surface area (Å²) in [6.45, 7) is 1.98. The van der Waals surface area contributed by atoms with E-state index in [1.54, 1.807) is 31.2 Å². The smallest absolute Gasteiger partial charge is 0.349 e. The number of nitrogens with zero attached hydrogens (tertiary/aromatic N) is 1. The first-order chi connectivity index (χ1) is 13.1. The lowest BCUT2D eigenvalue weighted by molar-refractivity contribution is -0.137. The van der Waals surface area contributed by atoms with Crippen molar-refractivity contribution in [2.45, 2.75) is 6.92 Å². The highest BCUT2D eigenvalue weighted by Crippen LogP contribution is 2.33. The standard InChI is InChI=1S/C21H16FNO4/c1-2-25-21(24)18(12-23)17(15-5-7-16(22)8-6-15)9-3-14-4-10-19-20(11-14)27-13-26-19/h3-11H,2,13H2,1H3/b9-3+,18-17-. The molecule has 2 aromatic carbocycles. The van der Waals surface area contributed by atoms with Crippen molar-refractivity contribution < 1.29 is 23.4 Å². The van der Waals surface area contributed by atoms with Crippen LogP contribution in [-0.2, 0) is 9.53 Å². The molecule has 1 heterocycles. The van der Waals surface area contributed by atoms with E-state index in [4.69, 9.17) is 14.2 Å². The average Bonchev–Trinajstić information content (AvgIpc) is 3.14. The van der Waals surface area contributed by atoms with E-state index >= 15 is 0 Å². The van der Waals surface area contributed by atoms with E-state index in [-0.39, 0.29) is 19.0 Å². The maximum atomic E-state index is 13.3. The summed E-state index contributed by atoms with van der Waals surface area (Å²) in [7, 11) is 0. The molecule has 0 fully saturated rings. The van der Waals surface area contributed by atoms with Gasteiger partial charge in [0.15, 0.2) is 11.5 Å². The summed E-state index contributed by atoms with van der Waals surface area (Å²) >= 11 is 0. The highest BCUT2D eigenvalue weighted by atomic mass is 19.1. The Labute approximate surface area is 155 Å². The predicted molar refractivity (Wildman–Crippen MR) is 97.2 cm³/mol. The number of rotatable bonds is 5. The molecule has 0 spiro atoms. The first-order valence-corrected chi connectivity index (χ1v) is 8.27. The van der Waals surface area contributed by atoms with Crippen molar-refractivity contribution in [1.29, 1.82) is 5.26 Å². The summed E-state index contributed by atoms with van der Waals surface area (Å²) in [5, 5.41) is 9.48. The molecule has 0 aromatic heterocycles. The minimum atomic E-state index is -0.727. The van der Waals surface area contributed by atoms with Gasteiger partial charge in [0.2, 0.25) is 6.79 Å². The van der Waals surface area contributed by atoms with Gasteiger partial charge in [-0.1, -0.05) is 30.4 Å². The summed E-state index contributed by atoms with van der Waals surface area (Å²) in [5.74, 6) is 0.142.